The number of fused-ring (bicyclic) bond motifs is 1. The van der Waals surface area contributed by atoms with Crippen molar-refractivity contribution in [3.05, 3.63) is 58.4 Å². The van der Waals surface area contributed by atoms with Crippen molar-refractivity contribution in [2.45, 2.75) is 38.1 Å². The van der Waals surface area contributed by atoms with Gasteiger partial charge in [0, 0.05) is 19.2 Å². The molecule has 0 aliphatic rings. The number of benzene rings is 2. The lowest BCUT2D eigenvalue weighted by molar-refractivity contribution is -0.141. The number of methoxy groups -OCH3 is 1. The largest absolute Gasteiger partial charge is 0.468 e. The molecule has 0 unspecified atom stereocenters. The Bertz CT molecular complexity index is 1340. The van der Waals surface area contributed by atoms with Gasteiger partial charge in [-0.15, -0.1) is 0 Å². The number of esters is 1. The lowest BCUT2D eigenvalue weighted by Crippen LogP contribution is -2.27. The lowest BCUT2D eigenvalue weighted by Gasteiger charge is -2.16. The van der Waals surface area contributed by atoms with E-state index in [1.807, 2.05) is 32.0 Å². The second-order valence-electron chi connectivity index (χ2n) is 7.59. The van der Waals surface area contributed by atoms with Gasteiger partial charge in [0.2, 0.25) is 10.0 Å². The van der Waals surface area contributed by atoms with Crippen LogP contribution in [0, 0.1) is 6.92 Å². The van der Waals surface area contributed by atoms with Gasteiger partial charge in [-0.05, 0) is 49.2 Å². The van der Waals surface area contributed by atoms with E-state index in [4.69, 9.17) is 4.74 Å². The van der Waals surface area contributed by atoms with Crippen LogP contribution in [0.5, 0.6) is 0 Å². The molecule has 0 aliphatic heterocycles. The van der Waals surface area contributed by atoms with E-state index in [0.29, 0.717) is 11.3 Å². The average Bonchev–Trinajstić information content (AvgIpc) is 3.15. The molecule has 1 aromatic heterocycles. The van der Waals surface area contributed by atoms with Gasteiger partial charge in [0.15, 0.2) is 4.80 Å². The number of para-hydroxylation sites is 1. The molecule has 0 bridgehead atoms. The number of thiazole rings is 1. The summed E-state index contributed by atoms with van der Waals surface area (Å²) in [6, 6.07) is 11.5. The highest BCUT2D eigenvalue weighted by atomic mass is 32.2. The van der Waals surface area contributed by atoms with Gasteiger partial charge in [-0.1, -0.05) is 36.8 Å². The standard InChI is InChI=1S/C23H27N3O5S2/c1-5-6-14-25(3)33(29,30)18-12-10-17(11-13-18)22(28)24-23-26(15-20(27)31-4)21-16(2)8-7-9-19(21)32-23/h7-13H,5-6,14-15H2,1-4H3. The van der Waals surface area contributed by atoms with Gasteiger partial charge in [0.05, 0.1) is 22.2 Å². The molecular formula is C23H27N3O5S2. The summed E-state index contributed by atoms with van der Waals surface area (Å²) in [4.78, 5) is 29.6. The first-order valence-corrected chi connectivity index (χ1v) is 12.8. The van der Waals surface area contributed by atoms with Crippen molar-refractivity contribution in [1.82, 2.24) is 8.87 Å². The Kier molecular flexibility index (Phi) is 7.83. The number of sulfonamides is 1. The van der Waals surface area contributed by atoms with Gasteiger partial charge < -0.3 is 9.30 Å². The highest BCUT2D eigenvalue weighted by Gasteiger charge is 2.21. The topological polar surface area (TPSA) is 98.0 Å². The number of ether oxygens (including phenoxy) is 1. The van der Waals surface area contributed by atoms with Crippen molar-refractivity contribution >= 4 is 43.5 Å². The van der Waals surface area contributed by atoms with Crippen LogP contribution < -0.4 is 4.80 Å². The third-order valence-electron chi connectivity index (χ3n) is 5.25. The number of hydrogen-bond donors (Lipinski definition) is 0. The Hall–Kier alpha value is -2.82. The van der Waals surface area contributed by atoms with Crippen LogP contribution in [0.4, 0.5) is 0 Å². The molecule has 0 N–H and O–H groups in total. The van der Waals surface area contributed by atoms with Crippen LogP contribution in [0.2, 0.25) is 0 Å². The molecule has 8 nitrogen and oxygen atoms in total. The van der Waals surface area contributed by atoms with Crippen molar-refractivity contribution < 1.29 is 22.7 Å². The minimum Gasteiger partial charge on any atom is -0.468 e. The average molecular weight is 490 g/mol. The number of amides is 1. The number of rotatable bonds is 8. The van der Waals surface area contributed by atoms with Gasteiger partial charge >= 0.3 is 5.97 Å². The maximum absolute atomic E-state index is 12.9. The normalized spacial score (nSPS) is 12.5. The molecule has 3 rings (SSSR count). The number of aryl methyl sites for hydroxylation is 1. The summed E-state index contributed by atoms with van der Waals surface area (Å²) in [6.07, 6.45) is 1.66. The van der Waals surface area contributed by atoms with E-state index in [-0.39, 0.29) is 17.0 Å². The minimum absolute atomic E-state index is 0.0747. The quantitative estimate of drug-likeness (QED) is 0.452. The molecule has 0 saturated carbocycles. The number of hydrogen-bond acceptors (Lipinski definition) is 6. The summed E-state index contributed by atoms with van der Waals surface area (Å²) in [5, 5.41) is 0. The number of aromatic nitrogens is 1. The molecule has 2 aromatic carbocycles. The Morgan fingerprint density at radius 1 is 1.15 bits per heavy atom. The van der Waals surface area contributed by atoms with Crippen LogP contribution in [-0.2, 0) is 26.1 Å². The van der Waals surface area contributed by atoms with Gasteiger partial charge in [-0.3, -0.25) is 9.59 Å². The van der Waals surface area contributed by atoms with Crippen LogP contribution in [0.25, 0.3) is 10.2 Å². The molecule has 176 valence electrons. The predicted molar refractivity (Wildman–Crippen MR) is 128 cm³/mol. The first-order valence-electron chi connectivity index (χ1n) is 10.5. The summed E-state index contributed by atoms with van der Waals surface area (Å²) >= 11 is 1.30. The highest BCUT2D eigenvalue weighted by Crippen LogP contribution is 2.21. The van der Waals surface area contributed by atoms with E-state index in [1.54, 1.807) is 11.6 Å². The summed E-state index contributed by atoms with van der Waals surface area (Å²) in [5.74, 6) is -0.977. The molecule has 33 heavy (non-hydrogen) atoms. The molecule has 1 heterocycles. The van der Waals surface area contributed by atoms with Crippen LogP contribution in [0.1, 0.15) is 35.7 Å². The molecule has 0 radical (unpaired) electrons. The second-order valence-corrected chi connectivity index (χ2v) is 10.6. The minimum atomic E-state index is -3.62. The summed E-state index contributed by atoms with van der Waals surface area (Å²) in [6.45, 7) is 4.28. The first-order chi connectivity index (χ1) is 15.7. The number of carbonyl (C=O) groups excluding carboxylic acids is 2. The van der Waals surface area contributed by atoms with Crippen LogP contribution in [-0.4, -0.2) is 49.9 Å². The predicted octanol–water partition coefficient (Wildman–Crippen LogP) is 3.35. The molecule has 10 heteroatoms. The zero-order chi connectivity index (χ0) is 24.2. The third-order valence-corrected chi connectivity index (χ3v) is 8.17. The van der Waals surface area contributed by atoms with Crippen LogP contribution in [0.15, 0.2) is 52.4 Å². The SMILES string of the molecule is CCCCN(C)S(=O)(=O)c1ccc(C(=O)N=c2sc3cccc(C)c3n2CC(=O)OC)cc1. The maximum Gasteiger partial charge on any atom is 0.325 e. The van der Waals surface area contributed by atoms with E-state index in [2.05, 4.69) is 4.99 Å². The zero-order valence-corrected chi connectivity index (χ0v) is 20.7. The third kappa shape index (κ3) is 5.40. The van der Waals surface area contributed by atoms with Crippen LogP contribution in [0.3, 0.4) is 0 Å². The number of unbranched alkanes of at least 4 members (excludes halogenated alkanes) is 1. The van der Waals surface area contributed by atoms with Gasteiger partial charge in [-0.25, -0.2) is 12.7 Å². The van der Waals surface area contributed by atoms with Crippen molar-refractivity contribution in [1.29, 1.82) is 0 Å². The van der Waals surface area contributed by atoms with Crippen LogP contribution >= 0.6 is 11.3 Å². The summed E-state index contributed by atoms with van der Waals surface area (Å²) in [5.41, 5.74) is 2.02. The smallest absolute Gasteiger partial charge is 0.325 e. The van der Waals surface area contributed by atoms with Gasteiger partial charge in [-0.2, -0.15) is 4.99 Å². The molecule has 0 atom stereocenters. The molecular weight excluding hydrogens is 462 g/mol. The fourth-order valence-electron chi connectivity index (χ4n) is 3.33. The summed E-state index contributed by atoms with van der Waals surface area (Å²) < 4.78 is 34.1. The molecule has 0 spiro atoms. The Morgan fingerprint density at radius 3 is 2.48 bits per heavy atom. The van der Waals surface area contributed by atoms with E-state index in [9.17, 15) is 18.0 Å². The van der Waals surface area contributed by atoms with Crippen molar-refractivity contribution in [3.8, 4) is 0 Å². The van der Waals surface area contributed by atoms with Gasteiger partial charge in [0.25, 0.3) is 5.91 Å². The lowest BCUT2D eigenvalue weighted by atomic mass is 10.2. The monoisotopic (exact) mass is 489 g/mol. The fourth-order valence-corrected chi connectivity index (χ4v) is 5.65. The molecule has 0 saturated heterocycles. The van der Waals surface area contributed by atoms with Crippen molar-refractivity contribution in [2.75, 3.05) is 20.7 Å². The highest BCUT2D eigenvalue weighted by molar-refractivity contribution is 7.89. The van der Waals surface area contributed by atoms with E-state index < -0.39 is 21.9 Å². The zero-order valence-electron chi connectivity index (χ0n) is 19.1. The van der Waals surface area contributed by atoms with Gasteiger partial charge in [0.1, 0.15) is 6.54 Å². The Morgan fingerprint density at radius 2 is 1.85 bits per heavy atom. The maximum atomic E-state index is 12.9. The molecule has 1 amide bonds. The Labute approximate surface area is 197 Å². The van der Waals surface area contributed by atoms with E-state index >= 15 is 0 Å². The van der Waals surface area contributed by atoms with E-state index in [1.165, 1.54) is 47.0 Å². The number of carbonyl (C=O) groups is 2. The van der Waals surface area contributed by atoms with E-state index in [0.717, 1.165) is 28.6 Å². The fraction of sp³-hybridized carbons (Fsp3) is 0.348. The summed E-state index contributed by atoms with van der Waals surface area (Å²) in [7, 11) is -0.768. The first kappa shape index (κ1) is 24.8. The van der Waals surface area contributed by atoms with Crippen molar-refractivity contribution in [3.63, 3.8) is 0 Å². The van der Waals surface area contributed by atoms with Crippen molar-refractivity contribution in [2.24, 2.45) is 4.99 Å². The number of nitrogens with zero attached hydrogens (tertiary/aromatic N) is 3. The Balaban J connectivity index is 1.97. The molecule has 0 fully saturated rings. The second kappa shape index (κ2) is 10.4. The molecule has 0 aliphatic carbocycles. The molecule has 3 aromatic rings.